The van der Waals surface area contributed by atoms with Crippen molar-refractivity contribution in [3.8, 4) is 22.3 Å². The van der Waals surface area contributed by atoms with E-state index in [1.165, 1.54) is 27.8 Å². The van der Waals surface area contributed by atoms with Crippen LogP contribution in [0.25, 0.3) is 22.3 Å². The smallest absolute Gasteiger partial charge is 0.0184 e. The Morgan fingerprint density at radius 3 is 0.920 bits per heavy atom. The van der Waals surface area contributed by atoms with Gasteiger partial charge in [0.1, 0.15) is 0 Å². The van der Waals surface area contributed by atoms with E-state index in [0.29, 0.717) is 0 Å². The lowest BCUT2D eigenvalue weighted by molar-refractivity contribution is 1.47. The van der Waals surface area contributed by atoms with Gasteiger partial charge >= 0.3 is 0 Å². The molecule has 0 atom stereocenters. The van der Waals surface area contributed by atoms with Gasteiger partial charge in [0.05, 0.1) is 0 Å². The third kappa shape index (κ3) is 4.92. The van der Waals surface area contributed by atoms with Crippen LogP contribution in [0.3, 0.4) is 0 Å². The van der Waals surface area contributed by atoms with E-state index >= 15 is 0 Å². The first-order valence-electron chi connectivity index (χ1n) is 8.55. The van der Waals surface area contributed by atoms with Crippen LogP contribution in [-0.2, 0) is 0 Å². The molecule has 0 aliphatic heterocycles. The summed E-state index contributed by atoms with van der Waals surface area (Å²) in [6, 6.07) is 39.8. The zero-order valence-electron chi connectivity index (χ0n) is 14.5. The molecule has 4 rings (SSSR count). The summed E-state index contributed by atoms with van der Waals surface area (Å²) in [5, 5.41) is 0. The van der Waals surface area contributed by atoms with Crippen LogP contribution >= 0.6 is 0 Å². The van der Waals surface area contributed by atoms with E-state index in [9.17, 15) is 0 Å². The predicted molar refractivity (Wildman–Crippen MR) is 108 cm³/mol. The molecule has 0 nitrogen and oxygen atoms in total. The van der Waals surface area contributed by atoms with Crippen molar-refractivity contribution in [1.82, 2.24) is 0 Å². The Hall–Kier alpha value is -3.12. The second-order valence-electron chi connectivity index (χ2n) is 5.96. The molecule has 0 N–H and O–H groups in total. The monoisotopic (exact) mass is 322 g/mol. The molecule has 0 aliphatic rings. The lowest BCUT2D eigenvalue weighted by atomic mass is 10.0. The van der Waals surface area contributed by atoms with Crippen LogP contribution in [0, 0.1) is 6.92 Å². The van der Waals surface area contributed by atoms with Crippen LogP contribution in [-0.4, -0.2) is 0 Å². The number of aryl methyl sites for hydroxylation is 1. The predicted octanol–water partition coefficient (Wildman–Crippen LogP) is 7.02. The van der Waals surface area contributed by atoms with E-state index < -0.39 is 0 Å². The molecule has 0 bridgehead atoms. The van der Waals surface area contributed by atoms with E-state index in [-0.39, 0.29) is 0 Å². The number of rotatable bonds is 2. The summed E-state index contributed by atoms with van der Waals surface area (Å²) >= 11 is 0. The molecule has 0 amide bonds. The molecule has 122 valence electrons. The molecule has 0 heterocycles. The maximum atomic E-state index is 2.16. The highest BCUT2D eigenvalue weighted by Crippen LogP contribution is 2.19. The van der Waals surface area contributed by atoms with Gasteiger partial charge < -0.3 is 0 Å². The minimum Gasteiger partial charge on any atom is -0.0622 e. The second kappa shape index (κ2) is 8.65. The van der Waals surface area contributed by atoms with Crippen molar-refractivity contribution in [2.45, 2.75) is 6.92 Å². The fourth-order valence-corrected chi connectivity index (χ4v) is 2.64. The van der Waals surface area contributed by atoms with Gasteiger partial charge in [0.15, 0.2) is 0 Å². The molecule has 0 aromatic heterocycles. The van der Waals surface area contributed by atoms with Crippen molar-refractivity contribution in [2.24, 2.45) is 0 Å². The summed E-state index contributed by atoms with van der Waals surface area (Å²) in [7, 11) is 0. The van der Waals surface area contributed by atoms with Crippen LogP contribution in [0.4, 0.5) is 0 Å². The van der Waals surface area contributed by atoms with Gasteiger partial charge in [0.2, 0.25) is 0 Å². The molecule has 0 fully saturated rings. The van der Waals surface area contributed by atoms with Crippen molar-refractivity contribution in [1.29, 1.82) is 0 Å². The van der Waals surface area contributed by atoms with Gasteiger partial charge in [-0.3, -0.25) is 0 Å². The highest BCUT2D eigenvalue weighted by molar-refractivity contribution is 5.63. The molecular weight excluding hydrogens is 300 g/mol. The van der Waals surface area contributed by atoms with E-state index in [4.69, 9.17) is 0 Å². The van der Waals surface area contributed by atoms with E-state index in [1.807, 2.05) is 18.2 Å². The first kappa shape index (κ1) is 16.7. The van der Waals surface area contributed by atoms with Crippen molar-refractivity contribution >= 4 is 0 Å². The minimum atomic E-state index is 1.28. The zero-order chi connectivity index (χ0) is 17.3. The largest absolute Gasteiger partial charge is 0.0622 e. The summed E-state index contributed by atoms with van der Waals surface area (Å²) in [6.07, 6.45) is 0. The van der Waals surface area contributed by atoms with Crippen LogP contribution < -0.4 is 0 Å². The Bertz CT molecular complexity index is 824. The lowest BCUT2D eigenvalue weighted by Gasteiger charge is -2.00. The fraction of sp³-hybridized carbons (Fsp3) is 0.0400. The molecular formula is C25H22. The summed E-state index contributed by atoms with van der Waals surface area (Å²) in [6.45, 7) is 2.11. The highest BCUT2D eigenvalue weighted by Gasteiger charge is 1.94. The standard InChI is InChI=1S/C13H12.C12H10/c1-11-7-9-13(10-8-11)12-5-3-2-4-6-12;1-3-7-11(8-4-1)12-9-5-2-6-10-12/h2-10H,1H3;1-10H. The lowest BCUT2D eigenvalue weighted by Crippen LogP contribution is -1.76. The summed E-state index contributed by atoms with van der Waals surface area (Å²) < 4.78 is 0. The topological polar surface area (TPSA) is 0 Å². The van der Waals surface area contributed by atoms with Crippen LogP contribution in [0.5, 0.6) is 0 Å². The molecule has 0 aliphatic carbocycles. The fourth-order valence-electron chi connectivity index (χ4n) is 2.64. The molecule has 4 aromatic rings. The van der Waals surface area contributed by atoms with Gasteiger partial charge in [-0.15, -0.1) is 0 Å². The van der Waals surface area contributed by atoms with Crippen LogP contribution in [0.15, 0.2) is 115 Å². The van der Waals surface area contributed by atoms with Crippen LogP contribution in [0.1, 0.15) is 5.56 Å². The number of hydrogen-bond donors (Lipinski definition) is 0. The molecule has 0 heteroatoms. The molecule has 0 saturated heterocycles. The third-order valence-electron chi connectivity index (χ3n) is 4.04. The normalized spacial score (nSPS) is 9.80. The molecule has 0 spiro atoms. The average Bonchev–Trinajstić information content (AvgIpc) is 2.71. The highest BCUT2D eigenvalue weighted by atomic mass is 14.0. The molecule has 25 heavy (non-hydrogen) atoms. The maximum Gasteiger partial charge on any atom is -0.0184 e. The van der Waals surface area contributed by atoms with Crippen molar-refractivity contribution < 1.29 is 0 Å². The Kier molecular flexibility index (Phi) is 5.79. The summed E-state index contributed by atoms with van der Waals surface area (Å²) in [4.78, 5) is 0. The van der Waals surface area contributed by atoms with Crippen molar-refractivity contribution in [3.05, 3.63) is 121 Å². The van der Waals surface area contributed by atoms with Crippen molar-refractivity contribution in [3.63, 3.8) is 0 Å². The number of hydrogen-bond acceptors (Lipinski definition) is 0. The first-order chi connectivity index (χ1) is 12.3. The van der Waals surface area contributed by atoms with Gasteiger partial charge in [0.25, 0.3) is 0 Å². The van der Waals surface area contributed by atoms with Crippen LogP contribution in [0.2, 0.25) is 0 Å². The molecule has 4 aromatic carbocycles. The molecule has 0 saturated carbocycles. The first-order valence-corrected chi connectivity index (χ1v) is 8.55. The molecule has 0 unspecified atom stereocenters. The SMILES string of the molecule is Cc1ccc(-c2ccccc2)cc1.c1ccc(-c2ccccc2)cc1. The maximum absolute atomic E-state index is 2.16. The van der Waals surface area contributed by atoms with Gasteiger partial charge in [0, 0.05) is 0 Å². The molecule has 0 radical (unpaired) electrons. The zero-order valence-corrected chi connectivity index (χ0v) is 14.5. The average molecular weight is 322 g/mol. The minimum absolute atomic E-state index is 1.28. The Balaban J connectivity index is 0.000000146. The van der Waals surface area contributed by atoms with Gasteiger partial charge in [-0.1, -0.05) is 121 Å². The van der Waals surface area contributed by atoms with E-state index in [2.05, 4.69) is 104 Å². The summed E-state index contributed by atoms with van der Waals surface area (Å²) in [5.41, 5.74) is 6.42. The van der Waals surface area contributed by atoms with Gasteiger partial charge in [-0.2, -0.15) is 0 Å². The van der Waals surface area contributed by atoms with Crippen molar-refractivity contribution in [2.75, 3.05) is 0 Å². The number of benzene rings is 4. The van der Waals surface area contributed by atoms with Gasteiger partial charge in [-0.25, -0.2) is 0 Å². The van der Waals surface area contributed by atoms with Gasteiger partial charge in [-0.05, 0) is 29.2 Å². The second-order valence-corrected chi connectivity index (χ2v) is 5.96. The Morgan fingerprint density at radius 2 is 0.600 bits per heavy atom. The quantitative estimate of drug-likeness (QED) is 0.372. The Morgan fingerprint density at radius 1 is 0.320 bits per heavy atom. The van der Waals surface area contributed by atoms with E-state index in [0.717, 1.165) is 0 Å². The van der Waals surface area contributed by atoms with E-state index in [1.54, 1.807) is 0 Å². The Labute approximate surface area is 150 Å². The third-order valence-corrected chi connectivity index (χ3v) is 4.04. The summed E-state index contributed by atoms with van der Waals surface area (Å²) in [5.74, 6) is 0.